The molecule has 0 aliphatic heterocycles. The molecule has 0 aliphatic rings. The molecule has 5 nitrogen and oxygen atoms in total. The number of para-hydroxylation sites is 1. The Morgan fingerprint density at radius 1 is 0.818 bits per heavy atom. The number of amides is 1. The molecule has 4 aromatic carbocycles. The van der Waals surface area contributed by atoms with E-state index in [0.717, 1.165) is 39.5 Å². The Labute approximate surface area is 192 Å². The van der Waals surface area contributed by atoms with Gasteiger partial charge in [-0.15, -0.1) is 0 Å². The first-order valence-electron chi connectivity index (χ1n) is 10.9. The maximum Gasteiger partial charge on any atom is 0.259 e. The molecule has 5 aromatic rings. The molecule has 0 bridgehead atoms. The Morgan fingerprint density at radius 3 is 2.42 bits per heavy atom. The molecule has 33 heavy (non-hydrogen) atoms. The fourth-order valence-corrected chi connectivity index (χ4v) is 4.06. The maximum atomic E-state index is 12.4. The number of benzene rings is 4. The Kier molecular flexibility index (Phi) is 5.85. The van der Waals surface area contributed by atoms with Crippen molar-refractivity contribution in [2.24, 2.45) is 5.10 Å². The van der Waals surface area contributed by atoms with Crippen LogP contribution in [0.15, 0.2) is 108 Å². The number of nitrogens with zero attached hydrogens (tertiary/aromatic N) is 2. The van der Waals surface area contributed by atoms with Crippen molar-refractivity contribution in [3.63, 3.8) is 0 Å². The van der Waals surface area contributed by atoms with Crippen LogP contribution in [0.4, 0.5) is 5.69 Å². The zero-order chi connectivity index (χ0) is 22.5. The van der Waals surface area contributed by atoms with E-state index >= 15 is 0 Å². The minimum absolute atomic E-state index is 0.140. The van der Waals surface area contributed by atoms with Gasteiger partial charge in [0.1, 0.15) is 0 Å². The summed E-state index contributed by atoms with van der Waals surface area (Å²) < 4.78 is 2.20. The summed E-state index contributed by atoms with van der Waals surface area (Å²) in [6.45, 7) is 0.914. The number of hydrogen-bond donors (Lipinski definition) is 2. The summed E-state index contributed by atoms with van der Waals surface area (Å²) in [5.74, 6) is -0.202. The average Bonchev–Trinajstić information content (AvgIpc) is 3.20. The molecule has 1 heterocycles. The van der Waals surface area contributed by atoms with E-state index in [4.69, 9.17) is 0 Å². The van der Waals surface area contributed by atoms with E-state index in [9.17, 15) is 4.79 Å². The van der Waals surface area contributed by atoms with Crippen LogP contribution in [0.5, 0.6) is 0 Å². The van der Waals surface area contributed by atoms with Gasteiger partial charge < -0.3 is 9.88 Å². The van der Waals surface area contributed by atoms with Crippen LogP contribution in [-0.4, -0.2) is 23.2 Å². The highest BCUT2D eigenvalue weighted by atomic mass is 16.2. The summed E-state index contributed by atoms with van der Waals surface area (Å²) in [5.41, 5.74) is 6.88. The number of hydrazone groups is 1. The third-order valence-corrected chi connectivity index (χ3v) is 5.64. The van der Waals surface area contributed by atoms with Gasteiger partial charge in [0.15, 0.2) is 0 Å². The first-order valence-corrected chi connectivity index (χ1v) is 10.9. The van der Waals surface area contributed by atoms with Gasteiger partial charge in [-0.05, 0) is 23.1 Å². The highest BCUT2D eigenvalue weighted by Gasteiger charge is 2.08. The van der Waals surface area contributed by atoms with Crippen LogP contribution < -0.4 is 10.7 Å². The Hall–Kier alpha value is -4.38. The standard InChI is InChI=1S/C28H24N4O/c33-28(18-29-26-15-8-12-22-11-4-5-13-24(22)26)31-30-17-23-20-32(19-21-9-2-1-3-10-21)27-16-7-6-14-25(23)27/h1-17,20,29H,18-19H2,(H,31,33)/b30-17+. The number of carbonyl (C=O) groups is 1. The van der Waals surface area contributed by atoms with E-state index in [0.29, 0.717) is 0 Å². The van der Waals surface area contributed by atoms with E-state index in [2.05, 4.69) is 63.0 Å². The van der Waals surface area contributed by atoms with Crippen molar-refractivity contribution >= 4 is 39.5 Å². The van der Waals surface area contributed by atoms with Crippen LogP contribution in [0.3, 0.4) is 0 Å². The fraction of sp³-hybridized carbons (Fsp3) is 0.0714. The lowest BCUT2D eigenvalue weighted by molar-refractivity contribution is -0.119. The molecular formula is C28H24N4O. The van der Waals surface area contributed by atoms with Gasteiger partial charge in [-0.2, -0.15) is 5.10 Å². The topological polar surface area (TPSA) is 58.4 Å². The lowest BCUT2D eigenvalue weighted by Crippen LogP contribution is -2.25. The molecule has 0 saturated carbocycles. The number of nitrogens with one attached hydrogen (secondary N) is 2. The summed E-state index contributed by atoms with van der Waals surface area (Å²) in [7, 11) is 0. The highest BCUT2D eigenvalue weighted by Crippen LogP contribution is 2.23. The second kappa shape index (κ2) is 9.40. The molecule has 0 atom stereocenters. The average molecular weight is 433 g/mol. The molecule has 0 fully saturated rings. The van der Waals surface area contributed by atoms with E-state index in [1.165, 1.54) is 5.56 Å². The monoisotopic (exact) mass is 432 g/mol. The molecule has 0 unspecified atom stereocenters. The molecule has 0 spiro atoms. The van der Waals surface area contributed by atoms with Crippen molar-refractivity contribution in [2.45, 2.75) is 6.54 Å². The number of aromatic nitrogens is 1. The minimum Gasteiger partial charge on any atom is -0.376 e. The molecule has 162 valence electrons. The van der Waals surface area contributed by atoms with Gasteiger partial charge in [0.05, 0.1) is 12.8 Å². The van der Waals surface area contributed by atoms with Crippen molar-refractivity contribution in [2.75, 3.05) is 11.9 Å². The van der Waals surface area contributed by atoms with E-state index in [-0.39, 0.29) is 12.5 Å². The van der Waals surface area contributed by atoms with E-state index < -0.39 is 0 Å². The molecular weight excluding hydrogens is 408 g/mol. The second-order valence-electron chi connectivity index (χ2n) is 7.89. The van der Waals surface area contributed by atoms with Gasteiger partial charge in [0.2, 0.25) is 0 Å². The lowest BCUT2D eigenvalue weighted by atomic mass is 10.1. The minimum atomic E-state index is -0.202. The molecule has 5 rings (SSSR count). The third kappa shape index (κ3) is 4.62. The molecule has 2 N–H and O–H groups in total. The van der Waals surface area contributed by atoms with Crippen LogP contribution >= 0.6 is 0 Å². The van der Waals surface area contributed by atoms with Crippen LogP contribution in [0.1, 0.15) is 11.1 Å². The Morgan fingerprint density at radius 2 is 1.55 bits per heavy atom. The summed E-state index contributed by atoms with van der Waals surface area (Å²) in [5, 5.41) is 10.7. The Bertz CT molecular complexity index is 1430. The largest absolute Gasteiger partial charge is 0.376 e. The van der Waals surface area contributed by atoms with E-state index in [1.807, 2.05) is 60.7 Å². The molecule has 0 aliphatic carbocycles. The second-order valence-corrected chi connectivity index (χ2v) is 7.89. The van der Waals surface area contributed by atoms with Crippen molar-refractivity contribution in [3.05, 3.63) is 114 Å². The zero-order valence-corrected chi connectivity index (χ0v) is 18.1. The summed E-state index contributed by atoms with van der Waals surface area (Å²) in [4.78, 5) is 12.4. The van der Waals surface area contributed by atoms with Crippen LogP contribution in [0.25, 0.3) is 21.7 Å². The summed E-state index contributed by atoms with van der Waals surface area (Å²) in [6.07, 6.45) is 3.78. The predicted octanol–water partition coefficient (Wildman–Crippen LogP) is 5.41. The van der Waals surface area contributed by atoms with Crippen molar-refractivity contribution in [1.29, 1.82) is 0 Å². The number of fused-ring (bicyclic) bond motifs is 2. The first-order chi connectivity index (χ1) is 16.3. The molecule has 1 aromatic heterocycles. The number of hydrogen-bond acceptors (Lipinski definition) is 3. The van der Waals surface area contributed by atoms with E-state index in [1.54, 1.807) is 6.21 Å². The quantitative estimate of drug-likeness (QED) is 0.267. The van der Waals surface area contributed by atoms with Gasteiger partial charge in [0, 0.05) is 40.3 Å². The lowest BCUT2D eigenvalue weighted by Gasteiger charge is -2.08. The van der Waals surface area contributed by atoms with Gasteiger partial charge in [-0.1, -0.05) is 84.9 Å². The summed E-state index contributed by atoms with van der Waals surface area (Å²) >= 11 is 0. The number of anilines is 1. The molecule has 5 heteroatoms. The Balaban J connectivity index is 1.26. The van der Waals surface area contributed by atoms with Gasteiger partial charge >= 0.3 is 0 Å². The first kappa shape index (κ1) is 20.5. The van der Waals surface area contributed by atoms with Gasteiger partial charge in [-0.3, -0.25) is 4.79 Å². The van der Waals surface area contributed by atoms with Crippen LogP contribution in [0, 0.1) is 0 Å². The van der Waals surface area contributed by atoms with Crippen molar-refractivity contribution in [3.8, 4) is 0 Å². The molecule has 1 amide bonds. The number of carbonyl (C=O) groups excluding carboxylic acids is 1. The fourth-order valence-electron chi connectivity index (χ4n) is 4.06. The van der Waals surface area contributed by atoms with Crippen molar-refractivity contribution < 1.29 is 4.79 Å². The normalized spacial score (nSPS) is 11.3. The van der Waals surface area contributed by atoms with Crippen molar-refractivity contribution in [1.82, 2.24) is 9.99 Å². The molecule has 0 radical (unpaired) electrons. The predicted molar refractivity (Wildman–Crippen MR) is 136 cm³/mol. The van der Waals surface area contributed by atoms with Crippen LogP contribution in [-0.2, 0) is 11.3 Å². The number of rotatable bonds is 7. The van der Waals surface area contributed by atoms with Crippen LogP contribution in [0.2, 0.25) is 0 Å². The smallest absolute Gasteiger partial charge is 0.259 e. The maximum absolute atomic E-state index is 12.4. The van der Waals surface area contributed by atoms with Gasteiger partial charge in [-0.25, -0.2) is 5.43 Å². The van der Waals surface area contributed by atoms with Gasteiger partial charge in [0.25, 0.3) is 5.91 Å². The highest BCUT2D eigenvalue weighted by molar-refractivity contribution is 6.00. The third-order valence-electron chi connectivity index (χ3n) is 5.64. The summed E-state index contributed by atoms with van der Waals surface area (Å²) in [6, 6.07) is 32.7. The molecule has 0 saturated heterocycles. The SMILES string of the molecule is O=C(CNc1cccc2ccccc12)N/N=C/c1cn(Cc2ccccc2)c2ccccc12. The zero-order valence-electron chi connectivity index (χ0n) is 18.1.